The van der Waals surface area contributed by atoms with Crippen LogP contribution in [0, 0.1) is 0 Å². The number of nitrogens with two attached hydrogens (primary N) is 1. The van der Waals surface area contributed by atoms with Crippen molar-refractivity contribution >= 4 is 11.9 Å². The van der Waals surface area contributed by atoms with E-state index in [1.165, 1.54) is 6.92 Å². The Morgan fingerprint density at radius 2 is 2.00 bits per heavy atom. The molecular weight excluding hydrogens is 148 g/mol. The van der Waals surface area contributed by atoms with E-state index < -0.39 is 18.1 Å². The van der Waals surface area contributed by atoms with Gasteiger partial charge in [-0.05, 0) is 6.92 Å². The van der Waals surface area contributed by atoms with Crippen molar-refractivity contribution in [1.82, 2.24) is 5.32 Å². The summed E-state index contributed by atoms with van der Waals surface area (Å²) in [4.78, 5) is 20.7. The minimum absolute atomic E-state index is 0.283. The van der Waals surface area contributed by atoms with Crippen LogP contribution in [-0.4, -0.2) is 29.1 Å². The van der Waals surface area contributed by atoms with Crippen molar-refractivity contribution in [3.05, 3.63) is 0 Å². The molecule has 0 saturated heterocycles. The first kappa shape index (κ1) is 9.90. The highest BCUT2D eigenvalue weighted by atomic mass is 16.4. The zero-order valence-electron chi connectivity index (χ0n) is 6.50. The number of aliphatic carboxylic acids is 1. The van der Waals surface area contributed by atoms with E-state index in [0.717, 1.165) is 0 Å². The molecule has 0 fully saturated rings. The second-order valence-corrected chi connectivity index (χ2v) is 2.35. The third-order valence-electron chi connectivity index (χ3n) is 1.25. The van der Waals surface area contributed by atoms with Gasteiger partial charge in [-0.25, -0.2) is 0 Å². The van der Waals surface area contributed by atoms with E-state index in [0.29, 0.717) is 0 Å². The fourth-order valence-corrected chi connectivity index (χ4v) is 0.624. The van der Waals surface area contributed by atoms with E-state index >= 15 is 0 Å². The Kier molecular flexibility index (Phi) is 3.53. The normalized spacial score (nSPS) is 15.2. The standard InChI is InChI=1S/C6H12N2O3/c1-3(8-4(2)9)5(7)6(10)11/h3,5H,7H2,1-2H3,(H,8,9)(H,10,11). The SMILES string of the molecule is CC(=O)NC(C)C(N)C(=O)O. The van der Waals surface area contributed by atoms with Crippen LogP contribution in [0.1, 0.15) is 13.8 Å². The molecule has 0 saturated carbocycles. The smallest absolute Gasteiger partial charge is 0.322 e. The van der Waals surface area contributed by atoms with E-state index in [-0.39, 0.29) is 5.91 Å². The van der Waals surface area contributed by atoms with Gasteiger partial charge in [-0.1, -0.05) is 0 Å². The summed E-state index contributed by atoms with van der Waals surface area (Å²) in [7, 11) is 0. The molecule has 0 aliphatic carbocycles. The number of amides is 1. The molecule has 2 unspecified atom stereocenters. The molecule has 0 aromatic carbocycles. The molecule has 1 amide bonds. The third kappa shape index (κ3) is 3.57. The number of rotatable bonds is 3. The summed E-state index contributed by atoms with van der Waals surface area (Å²) in [6, 6.07) is -1.58. The minimum atomic E-state index is -1.12. The van der Waals surface area contributed by atoms with Gasteiger partial charge in [0.15, 0.2) is 0 Å². The molecule has 0 aromatic heterocycles. The lowest BCUT2D eigenvalue weighted by atomic mass is 10.1. The van der Waals surface area contributed by atoms with E-state index in [1.54, 1.807) is 6.92 Å². The summed E-state index contributed by atoms with van der Waals surface area (Å²) in [6.45, 7) is 2.85. The Morgan fingerprint density at radius 3 is 2.27 bits per heavy atom. The number of nitrogens with one attached hydrogen (secondary N) is 1. The lowest BCUT2D eigenvalue weighted by molar-refractivity contribution is -0.139. The van der Waals surface area contributed by atoms with Crippen molar-refractivity contribution in [2.45, 2.75) is 25.9 Å². The second-order valence-electron chi connectivity index (χ2n) is 2.35. The Bertz CT molecular complexity index is 169. The zero-order valence-corrected chi connectivity index (χ0v) is 6.50. The van der Waals surface area contributed by atoms with Gasteiger partial charge in [0.2, 0.25) is 5.91 Å². The van der Waals surface area contributed by atoms with Crippen LogP contribution >= 0.6 is 0 Å². The molecule has 5 nitrogen and oxygen atoms in total. The summed E-state index contributed by atoms with van der Waals surface area (Å²) in [5.74, 6) is -1.40. The molecule has 64 valence electrons. The van der Waals surface area contributed by atoms with Crippen molar-refractivity contribution in [2.24, 2.45) is 5.73 Å². The molecule has 4 N–H and O–H groups in total. The van der Waals surface area contributed by atoms with Gasteiger partial charge in [-0.2, -0.15) is 0 Å². The van der Waals surface area contributed by atoms with Gasteiger partial charge < -0.3 is 16.2 Å². The number of carboxylic acid groups (broad SMARTS) is 1. The number of carbonyl (C=O) groups is 2. The van der Waals surface area contributed by atoms with Gasteiger partial charge in [0, 0.05) is 6.92 Å². The minimum Gasteiger partial charge on any atom is -0.480 e. The largest absolute Gasteiger partial charge is 0.480 e. The van der Waals surface area contributed by atoms with Crippen LogP contribution in [0.3, 0.4) is 0 Å². The number of hydrogen-bond donors (Lipinski definition) is 3. The summed E-state index contributed by atoms with van der Waals surface area (Å²) < 4.78 is 0. The Morgan fingerprint density at radius 1 is 1.55 bits per heavy atom. The average Bonchev–Trinajstić information content (AvgIpc) is 1.84. The number of carboxylic acids is 1. The lowest BCUT2D eigenvalue weighted by Crippen LogP contribution is -2.49. The van der Waals surface area contributed by atoms with E-state index in [1.807, 2.05) is 0 Å². The molecule has 0 aliphatic rings. The van der Waals surface area contributed by atoms with Gasteiger partial charge in [-0.15, -0.1) is 0 Å². The highest BCUT2D eigenvalue weighted by Gasteiger charge is 2.19. The molecule has 2 atom stereocenters. The van der Waals surface area contributed by atoms with Crippen molar-refractivity contribution < 1.29 is 14.7 Å². The summed E-state index contributed by atoms with van der Waals surface area (Å²) >= 11 is 0. The monoisotopic (exact) mass is 160 g/mol. The fraction of sp³-hybridized carbons (Fsp3) is 0.667. The maximum atomic E-state index is 10.4. The topological polar surface area (TPSA) is 92.4 Å². The van der Waals surface area contributed by atoms with Gasteiger partial charge in [-0.3, -0.25) is 9.59 Å². The second kappa shape index (κ2) is 3.92. The van der Waals surface area contributed by atoms with E-state index in [2.05, 4.69) is 5.32 Å². The highest BCUT2D eigenvalue weighted by molar-refractivity contribution is 5.77. The van der Waals surface area contributed by atoms with Crippen molar-refractivity contribution in [1.29, 1.82) is 0 Å². The molecule has 0 radical (unpaired) electrons. The maximum absolute atomic E-state index is 10.4. The molecule has 0 aliphatic heterocycles. The molecule has 0 rings (SSSR count). The Balaban J connectivity index is 3.92. The predicted octanol–water partition coefficient (Wildman–Crippen LogP) is -1.08. The lowest BCUT2D eigenvalue weighted by Gasteiger charge is -2.15. The van der Waals surface area contributed by atoms with E-state index in [4.69, 9.17) is 10.8 Å². The first-order valence-electron chi connectivity index (χ1n) is 3.20. The summed E-state index contributed by atoms with van der Waals surface area (Å²) in [5, 5.41) is 10.8. The van der Waals surface area contributed by atoms with Crippen LogP contribution in [0.25, 0.3) is 0 Å². The van der Waals surface area contributed by atoms with Gasteiger partial charge in [0.05, 0.1) is 6.04 Å². The van der Waals surface area contributed by atoms with Crippen LogP contribution in [0.15, 0.2) is 0 Å². The van der Waals surface area contributed by atoms with Gasteiger partial charge in [0.25, 0.3) is 0 Å². The molecule has 0 heterocycles. The van der Waals surface area contributed by atoms with Crippen molar-refractivity contribution in [2.75, 3.05) is 0 Å². The van der Waals surface area contributed by atoms with Crippen LogP contribution in [0.2, 0.25) is 0 Å². The fourth-order valence-electron chi connectivity index (χ4n) is 0.624. The molecule has 0 bridgehead atoms. The van der Waals surface area contributed by atoms with Crippen LogP contribution in [-0.2, 0) is 9.59 Å². The van der Waals surface area contributed by atoms with E-state index in [9.17, 15) is 9.59 Å². The van der Waals surface area contributed by atoms with Crippen LogP contribution < -0.4 is 11.1 Å². The molecule has 0 spiro atoms. The van der Waals surface area contributed by atoms with Crippen LogP contribution in [0.4, 0.5) is 0 Å². The zero-order chi connectivity index (χ0) is 9.02. The van der Waals surface area contributed by atoms with Crippen molar-refractivity contribution in [3.63, 3.8) is 0 Å². The average molecular weight is 160 g/mol. The molecule has 11 heavy (non-hydrogen) atoms. The predicted molar refractivity (Wildman–Crippen MR) is 38.9 cm³/mol. The van der Waals surface area contributed by atoms with Gasteiger partial charge in [0.1, 0.15) is 6.04 Å². The molecule has 5 heteroatoms. The van der Waals surface area contributed by atoms with Crippen LogP contribution in [0.5, 0.6) is 0 Å². The quantitative estimate of drug-likeness (QED) is 0.489. The Hall–Kier alpha value is -1.10. The van der Waals surface area contributed by atoms with Crippen molar-refractivity contribution in [3.8, 4) is 0 Å². The third-order valence-corrected chi connectivity index (χ3v) is 1.25. The molecule has 0 aromatic rings. The maximum Gasteiger partial charge on any atom is 0.322 e. The van der Waals surface area contributed by atoms with Gasteiger partial charge >= 0.3 is 5.97 Å². The molecular formula is C6H12N2O3. The number of hydrogen-bond acceptors (Lipinski definition) is 3. The summed E-state index contributed by atoms with van der Waals surface area (Å²) in [6.07, 6.45) is 0. The first-order chi connectivity index (χ1) is 4.95. The Labute approximate surface area is 64.6 Å². The summed E-state index contributed by atoms with van der Waals surface area (Å²) in [5.41, 5.74) is 5.19. The highest BCUT2D eigenvalue weighted by Crippen LogP contribution is 1.88. The number of carbonyl (C=O) groups excluding carboxylic acids is 1. The first-order valence-corrected chi connectivity index (χ1v) is 3.20.